The summed E-state index contributed by atoms with van der Waals surface area (Å²) in [7, 11) is 0. The fourth-order valence-corrected chi connectivity index (χ4v) is 3.82. The standard InChI is InChI=1S/C19H12ClN5OS/c1-3-4-13(21-2)15-16-11(5-6-26-16)7-14(24-15)17-18(20)25-19(27-17)12-8-22-10-23-9-12/h3-10H,1-2H2/b13-4-. The van der Waals surface area contributed by atoms with Gasteiger partial charge in [0.1, 0.15) is 22.2 Å². The van der Waals surface area contributed by atoms with Gasteiger partial charge in [0.15, 0.2) is 5.58 Å². The van der Waals surface area contributed by atoms with Crippen molar-refractivity contribution in [1.82, 2.24) is 19.9 Å². The molecule has 4 rings (SSSR count). The minimum absolute atomic E-state index is 0.362. The molecule has 0 amide bonds. The number of nitrogens with zero attached hydrogens (tertiary/aromatic N) is 5. The summed E-state index contributed by atoms with van der Waals surface area (Å²) in [6, 6.07) is 3.77. The van der Waals surface area contributed by atoms with Gasteiger partial charge in [0.25, 0.3) is 0 Å². The number of allylic oxidation sites excluding steroid dienone is 2. The smallest absolute Gasteiger partial charge is 0.161 e. The van der Waals surface area contributed by atoms with Crippen LogP contribution < -0.4 is 0 Å². The fraction of sp³-hybridized carbons (Fsp3) is 0. The van der Waals surface area contributed by atoms with Crippen molar-refractivity contribution in [3.63, 3.8) is 0 Å². The number of hydrogen-bond acceptors (Lipinski definition) is 7. The van der Waals surface area contributed by atoms with E-state index in [9.17, 15) is 0 Å². The highest BCUT2D eigenvalue weighted by Crippen LogP contribution is 2.39. The monoisotopic (exact) mass is 393 g/mol. The Balaban J connectivity index is 1.90. The topological polar surface area (TPSA) is 77.1 Å². The molecule has 0 fully saturated rings. The van der Waals surface area contributed by atoms with Crippen molar-refractivity contribution in [3.8, 4) is 21.1 Å². The average molecular weight is 394 g/mol. The Morgan fingerprint density at radius 3 is 2.81 bits per heavy atom. The Morgan fingerprint density at radius 1 is 1.26 bits per heavy atom. The van der Waals surface area contributed by atoms with Crippen molar-refractivity contribution in [3.05, 3.63) is 66.7 Å². The van der Waals surface area contributed by atoms with Gasteiger partial charge < -0.3 is 4.42 Å². The average Bonchev–Trinajstić information content (AvgIpc) is 3.32. The van der Waals surface area contributed by atoms with Crippen LogP contribution in [0.25, 0.3) is 37.8 Å². The van der Waals surface area contributed by atoms with Crippen molar-refractivity contribution < 1.29 is 4.42 Å². The molecule has 0 bridgehead atoms. The lowest BCUT2D eigenvalue weighted by Gasteiger charge is -2.05. The second kappa shape index (κ2) is 7.22. The molecule has 0 spiro atoms. The lowest BCUT2D eigenvalue weighted by atomic mass is 10.1. The van der Waals surface area contributed by atoms with Gasteiger partial charge in [0.05, 0.1) is 22.5 Å². The van der Waals surface area contributed by atoms with Crippen LogP contribution in [0.1, 0.15) is 5.69 Å². The highest BCUT2D eigenvalue weighted by molar-refractivity contribution is 7.19. The summed E-state index contributed by atoms with van der Waals surface area (Å²) in [5.74, 6) is 0. The Kier molecular flexibility index (Phi) is 4.62. The zero-order chi connectivity index (χ0) is 18.8. The molecule has 0 radical (unpaired) electrons. The maximum Gasteiger partial charge on any atom is 0.161 e. The van der Waals surface area contributed by atoms with Crippen molar-refractivity contribution in [2.24, 2.45) is 4.99 Å². The van der Waals surface area contributed by atoms with E-state index in [0.717, 1.165) is 20.8 Å². The lowest BCUT2D eigenvalue weighted by molar-refractivity contribution is 0.613. The molecular weight excluding hydrogens is 382 g/mol. The number of furan rings is 1. The number of fused-ring (bicyclic) bond motifs is 1. The van der Waals surface area contributed by atoms with E-state index >= 15 is 0 Å². The molecule has 0 aromatic carbocycles. The van der Waals surface area contributed by atoms with E-state index in [1.165, 1.54) is 17.7 Å². The summed E-state index contributed by atoms with van der Waals surface area (Å²) < 4.78 is 5.59. The molecule has 0 saturated heterocycles. The van der Waals surface area contributed by atoms with Crippen LogP contribution in [-0.2, 0) is 0 Å². The minimum atomic E-state index is 0.362. The molecule has 8 heteroatoms. The van der Waals surface area contributed by atoms with Gasteiger partial charge in [-0.05, 0) is 24.9 Å². The van der Waals surface area contributed by atoms with Gasteiger partial charge >= 0.3 is 0 Å². The van der Waals surface area contributed by atoms with Gasteiger partial charge in [-0.1, -0.05) is 24.3 Å². The van der Waals surface area contributed by atoms with Crippen molar-refractivity contribution in [2.75, 3.05) is 0 Å². The first-order valence-corrected chi connectivity index (χ1v) is 9.01. The van der Waals surface area contributed by atoms with Gasteiger partial charge in [-0.25, -0.2) is 19.9 Å². The van der Waals surface area contributed by atoms with Gasteiger partial charge in [0, 0.05) is 23.3 Å². The zero-order valence-corrected chi connectivity index (χ0v) is 15.5. The number of aliphatic imine (C=N–C) groups is 1. The van der Waals surface area contributed by atoms with Crippen LogP contribution in [0.2, 0.25) is 5.15 Å². The van der Waals surface area contributed by atoms with E-state index < -0.39 is 0 Å². The van der Waals surface area contributed by atoms with Crippen LogP contribution in [0.15, 0.2) is 65.3 Å². The number of halogens is 1. The quantitative estimate of drug-likeness (QED) is 0.340. The predicted octanol–water partition coefficient (Wildman–Crippen LogP) is 5.29. The summed E-state index contributed by atoms with van der Waals surface area (Å²) in [6.45, 7) is 7.32. The van der Waals surface area contributed by atoms with Crippen molar-refractivity contribution >= 4 is 46.3 Å². The molecule has 0 aliphatic carbocycles. The fourth-order valence-electron chi connectivity index (χ4n) is 2.58. The molecule has 0 saturated carbocycles. The molecule has 0 N–H and O–H groups in total. The molecule has 4 aromatic heterocycles. The van der Waals surface area contributed by atoms with Crippen LogP contribution in [0.4, 0.5) is 0 Å². The normalized spacial score (nSPS) is 11.7. The Bertz CT molecular complexity index is 1180. The molecule has 0 atom stereocenters. The summed E-state index contributed by atoms with van der Waals surface area (Å²) in [6.07, 6.45) is 9.81. The molecular formula is C19H12ClN5OS. The predicted molar refractivity (Wildman–Crippen MR) is 109 cm³/mol. The maximum absolute atomic E-state index is 6.41. The first kappa shape index (κ1) is 17.3. The van der Waals surface area contributed by atoms with E-state index in [1.807, 2.05) is 12.1 Å². The van der Waals surface area contributed by atoms with E-state index in [0.29, 0.717) is 27.8 Å². The SMILES string of the molecule is C=C/C=C(\N=C)c1nc(-c2sc(-c3cncnc3)nc2Cl)cc2ccoc12. The molecule has 0 aliphatic rings. The Morgan fingerprint density at radius 2 is 2.07 bits per heavy atom. The third-order valence-electron chi connectivity index (χ3n) is 3.75. The number of pyridine rings is 1. The molecule has 6 nitrogen and oxygen atoms in total. The summed E-state index contributed by atoms with van der Waals surface area (Å²) >= 11 is 7.83. The molecule has 132 valence electrons. The third-order valence-corrected chi connectivity index (χ3v) is 5.26. The zero-order valence-electron chi connectivity index (χ0n) is 14.0. The number of rotatable bonds is 5. The molecule has 0 unspecified atom stereocenters. The van der Waals surface area contributed by atoms with Crippen LogP contribution in [0, 0.1) is 0 Å². The summed E-state index contributed by atoms with van der Waals surface area (Å²) in [5, 5.41) is 1.96. The number of thiazole rings is 1. The van der Waals surface area contributed by atoms with E-state index in [1.54, 1.807) is 30.8 Å². The Labute approximate surface area is 163 Å². The Hall–Kier alpha value is -3.16. The van der Waals surface area contributed by atoms with E-state index in [-0.39, 0.29) is 0 Å². The van der Waals surface area contributed by atoms with Crippen molar-refractivity contribution in [1.29, 1.82) is 0 Å². The second-order valence-corrected chi connectivity index (χ2v) is 6.76. The maximum atomic E-state index is 6.41. The first-order valence-electron chi connectivity index (χ1n) is 7.81. The van der Waals surface area contributed by atoms with Gasteiger partial charge in [0.2, 0.25) is 0 Å². The molecule has 4 heterocycles. The molecule has 0 aliphatic heterocycles. The van der Waals surface area contributed by atoms with E-state index in [4.69, 9.17) is 21.0 Å². The third kappa shape index (κ3) is 3.18. The highest BCUT2D eigenvalue weighted by atomic mass is 35.5. The molecule has 27 heavy (non-hydrogen) atoms. The number of hydrogen-bond donors (Lipinski definition) is 0. The van der Waals surface area contributed by atoms with E-state index in [2.05, 4.69) is 33.2 Å². The number of aromatic nitrogens is 4. The van der Waals surface area contributed by atoms with Gasteiger partial charge in [-0.2, -0.15) is 0 Å². The van der Waals surface area contributed by atoms with Crippen LogP contribution in [-0.4, -0.2) is 26.7 Å². The largest absolute Gasteiger partial charge is 0.462 e. The summed E-state index contributed by atoms with van der Waals surface area (Å²) in [5.41, 5.74) is 3.21. The highest BCUT2D eigenvalue weighted by Gasteiger charge is 2.18. The van der Waals surface area contributed by atoms with Crippen molar-refractivity contribution in [2.45, 2.75) is 0 Å². The minimum Gasteiger partial charge on any atom is -0.462 e. The van der Waals surface area contributed by atoms with Gasteiger partial charge in [-0.15, -0.1) is 11.3 Å². The lowest BCUT2D eigenvalue weighted by Crippen LogP contribution is -1.91. The molecule has 4 aromatic rings. The van der Waals surface area contributed by atoms with Gasteiger partial charge in [-0.3, -0.25) is 4.99 Å². The van der Waals surface area contributed by atoms with Crippen LogP contribution in [0.5, 0.6) is 0 Å². The van der Waals surface area contributed by atoms with Crippen LogP contribution in [0.3, 0.4) is 0 Å². The summed E-state index contributed by atoms with van der Waals surface area (Å²) in [4.78, 5) is 22.0. The second-order valence-electron chi connectivity index (χ2n) is 5.41. The first-order chi connectivity index (χ1) is 13.2. The van der Waals surface area contributed by atoms with Crippen LogP contribution >= 0.6 is 22.9 Å².